The predicted molar refractivity (Wildman–Crippen MR) is 83.2 cm³/mol. The van der Waals surface area contributed by atoms with Crippen molar-refractivity contribution in [2.75, 3.05) is 11.5 Å². The largest absolute Gasteiger partial charge is 0.346 e. The highest BCUT2D eigenvalue weighted by atomic mass is 32.2. The second-order valence-corrected chi connectivity index (χ2v) is 7.83. The topological polar surface area (TPSA) is 28.7 Å². The lowest BCUT2D eigenvalue weighted by atomic mass is 10.2. The smallest absolute Gasteiger partial charge is 0.133 e. The van der Waals surface area contributed by atoms with Gasteiger partial charge in [0.1, 0.15) is 10.5 Å². The Balaban J connectivity index is 1.96. The average Bonchev–Trinajstić information content (AvgIpc) is 2.87. The van der Waals surface area contributed by atoms with E-state index in [1.807, 2.05) is 11.8 Å². The van der Waals surface area contributed by atoms with E-state index in [9.17, 15) is 0 Å². The fraction of sp³-hybridized carbons (Fsp3) is 0.692. The predicted octanol–water partition coefficient (Wildman–Crippen LogP) is 3.93. The lowest BCUT2D eigenvalue weighted by Crippen LogP contribution is -2.21. The summed E-state index contributed by atoms with van der Waals surface area (Å²) in [6, 6.07) is 0. The normalized spacial score (nSPS) is 27.2. The standard InChI is InChI=1S/C13H18N2S3/c1-2-10-11(18-7-6-17-10)12-14-9-5-3-4-8(9)13(16)15-12/h10-11H,2-7H2,1H3,(H,14,15,16). The molecule has 0 bridgehead atoms. The number of thioether (sulfide) groups is 2. The van der Waals surface area contributed by atoms with E-state index in [2.05, 4.69) is 23.7 Å². The molecule has 2 heterocycles. The van der Waals surface area contributed by atoms with Gasteiger partial charge in [-0.2, -0.15) is 11.8 Å². The maximum Gasteiger partial charge on any atom is 0.133 e. The molecule has 2 unspecified atom stereocenters. The highest BCUT2D eigenvalue weighted by Gasteiger charge is 2.29. The van der Waals surface area contributed by atoms with Crippen molar-refractivity contribution in [1.82, 2.24) is 9.97 Å². The summed E-state index contributed by atoms with van der Waals surface area (Å²) in [5, 5.41) is 1.18. The number of aryl methyl sites for hydroxylation is 1. The highest BCUT2D eigenvalue weighted by molar-refractivity contribution is 8.06. The van der Waals surface area contributed by atoms with Crippen molar-refractivity contribution in [3.8, 4) is 0 Å². The Bertz CT molecular complexity index is 497. The second kappa shape index (κ2) is 5.55. The summed E-state index contributed by atoms with van der Waals surface area (Å²) >= 11 is 9.60. The molecule has 1 aliphatic heterocycles. The molecule has 3 rings (SSSR count). The number of nitrogens with zero attached hydrogens (tertiary/aromatic N) is 1. The van der Waals surface area contributed by atoms with E-state index in [0.29, 0.717) is 10.5 Å². The molecule has 2 aliphatic rings. The van der Waals surface area contributed by atoms with Crippen molar-refractivity contribution < 1.29 is 0 Å². The van der Waals surface area contributed by atoms with E-state index in [-0.39, 0.29) is 0 Å². The van der Waals surface area contributed by atoms with E-state index < -0.39 is 0 Å². The van der Waals surface area contributed by atoms with Crippen LogP contribution in [0.15, 0.2) is 0 Å². The van der Waals surface area contributed by atoms with Crippen LogP contribution in [0.25, 0.3) is 0 Å². The minimum atomic E-state index is 0.501. The Hall–Kier alpha value is -0.0000000000000000555. The van der Waals surface area contributed by atoms with Crippen molar-refractivity contribution in [2.24, 2.45) is 0 Å². The van der Waals surface area contributed by atoms with E-state index >= 15 is 0 Å². The molecule has 2 nitrogen and oxygen atoms in total. The molecule has 0 saturated carbocycles. The van der Waals surface area contributed by atoms with E-state index in [4.69, 9.17) is 17.2 Å². The summed E-state index contributed by atoms with van der Waals surface area (Å²) < 4.78 is 0.849. The molecule has 1 fully saturated rings. The number of hydrogen-bond acceptors (Lipinski definition) is 4. The first-order chi connectivity index (χ1) is 8.79. The van der Waals surface area contributed by atoms with Crippen LogP contribution in [0.1, 0.15) is 42.1 Å². The van der Waals surface area contributed by atoms with Crippen LogP contribution in [0.3, 0.4) is 0 Å². The van der Waals surface area contributed by atoms with Crippen LogP contribution < -0.4 is 0 Å². The van der Waals surface area contributed by atoms with Crippen molar-refractivity contribution in [2.45, 2.75) is 43.1 Å². The quantitative estimate of drug-likeness (QED) is 0.838. The zero-order valence-electron chi connectivity index (χ0n) is 10.6. The van der Waals surface area contributed by atoms with Gasteiger partial charge in [-0.3, -0.25) is 0 Å². The van der Waals surface area contributed by atoms with Crippen molar-refractivity contribution in [3.05, 3.63) is 21.7 Å². The molecule has 0 spiro atoms. The molecule has 1 aromatic rings. The van der Waals surface area contributed by atoms with Gasteiger partial charge in [-0.15, -0.1) is 11.8 Å². The zero-order chi connectivity index (χ0) is 12.5. The molecule has 1 aliphatic carbocycles. The maximum absolute atomic E-state index is 5.46. The maximum atomic E-state index is 5.46. The van der Waals surface area contributed by atoms with Gasteiger partial charge in [0.25, 0.3) is 0 Å². The van der Waals surface area contributed by atoms with E-state index in [1.54, 1.807) is 0 Å². The Morgan fingerprint density at radius 2 is 2.17 bits per heavy atom. The number of H-pyrrole nitrogens is 1. The summed E-state index contributed by atoms with van der Waals surface area (Å²) in [5.74, 6) is 3.63. The molecule has 0 aromatic carbocycles. The monoisotopic (exact) mass is 298 g/mol. The fourth-order valence-corrected chi connectivity index (χ4v) is 6.11. The molecule has 0 radical (unpaired) electrons. The molecule has 18 heavy (non-hydrogen) atoms. The number of nitrogens with one attached hydrogen (secondary N) is 1. The third kappa shape index (κ3) is 2.37. The van der Waals surface area contributed by atoms with Crippen LogP contribution in [0, 0.1) is 4.64 Å². The van der Waals surface area contributed by atoms with Gasteiger partial charge in [-0.1, -0.05) is 19.1 Å². The van der Waals surface area contributed by atoms with Gasteiger partial charge in [-0.05, 0) is 25.7 Å². The zero-order valence-corrected chi connectivity index (χ0v) is 13.0. The van der Waals surface area contributed by atoms with Gasteiger partial charge in [0, 0.05) is 28.0 Å². The summed E-state index contributed by atoms with van der Waals surface area (Å²) in [5.41, 5.74) is 2.66. The number of hydrogen-bond donors (Lipinski definition) is 1. The van der Waals surface area contributed by atoms with Gasteiger partial charge in [0.15, 0.2) is 0 Å². The van der Waals surface area contributed by atoms with Crippen LogP contribution in [-0.4, -0.2) is 26.7 Å². The number of fused-ring (bicyclic) bond motifs is 1. The van der Waals surface area contributed by atoms with Crippen LogP contribution >= 0.6 is 35.7 Å². The summed E-state index contributed by atoms with van der Waals surface area (Å²) in [6.45, 7) is 2.28. The summed E-state index contributed by atoms with van der Waals surface area (Å²) in [7, 11) is 0. The first-order valence-corrected chi connectivity index (χ1v) is 9.15. The molecular formula is C13H18N2S3. The van der Waals surface area contributed by atoms with Gasteiger partial charge in [-0.25, -0.2) is 4.98 Å². The second-order valence-electron chi connectivity index (χ2n) is 4.85. The number of aromatic nitrogens is 2. The lowest BCUT2D eigenvalue weighted by Gasteiger charge is -2.29. The molecule has 5 heteroatoms. The van der Waals surface area contributed by atoms with Crippen molar-refractivity contribution in [3.63, 3.8) is 0 Å². The number of aromatic amines is 1. The molecule has 1 aromatic heterocycles. The van der Waals surface area contributed by atoms with E-state index in [0.717, 1.165) is 23.3 Å². The van der Waals surface area contributed by atoms with Crippen LogP contribution in [0.4, 0.5) is 0 Å². The van der Waals surface area contributed by atoms with Gasteiger partial charge < -0.3 is 4.98 Å². The van der Waals surface area contributed by atoms with Crippen molar-refractivity contribution in [1.29, 1.82) is 0 Å². The summed E-state index contributed by atoms with van der Waals surface area (Å²) in [4.78, 5) is 8.28. The molecule has 0 amide bonds. The first-order valence-electron chi connectivity index (χ1n) is 6.64. The Morgan fingerprint density at radius 1 is 1.33 bits per heavy atom. The molecular weight excluding hydrogens is 280 g/mol. The Morgan fingerprint density at radius 3 is 3.00 bits per heavy atom. The highest BCUT2D eigenvalue weighted by Crippen LogP contribution is 2.43. The molecule has 98 valence electrons. The van der Waals surface area contributed by atoms with Gasteiger partial charge in [0.2, 0.25) is 0 Å². The SMILES string of the molecule is CCC1SCCSC1c1nc(=S)c2c([nH]1)CCC2. The number of rotatable bonds is 2. The van der Waals surface area contributed by atoms with Crippen molar-refractivity contribution >= 4 is 35.7 Å². The Labute approximate surface area is 122 Å². The van der Waals surface area contributed by atoms with Crippen LogP contribution in [0.2, 0.25) is 0 Å². The fourth-order valence-electron chi connectivity index (χ4n) is 2.77. The average molecular weight is 299 g/mol. The minimum Gasteiger partial charge on any atom is -0.346 e. The molecule has 1 saturated heterocycles. The lowest BCUT2D eigenvalue weighted by molar-refractivity contribution is 0.740. The Kier molecular flexibility index (Phi) is 4.01. The molecule has 2 atom stereocenters. The van der Waals surface area contributed by atoms with Gasteiger partial charge >= 0.3 is 0 Å². The van der Waals surface area contributed by atoms with Crippen LogP contribution in [-0.2, 0) is 12.8 Å². The van der Waals surface area contributed by atoms with E-state index in [1.165, 1.54) is 35.6 Å². The van der Waals surface area contributed by atoms with Gasteiger partial charge in [0.05, 0.1) is 5.25 Å². The summed E-state index contributed by atoms with van der Waals surface area (Å²) in [6.07, 6.45) is 4.70. The third-order valence-corrected chi connectivity index (χ3v) is 7.29. The first kappa shape index (κ1) is 13.0. The van der Waals surface area contributed by atoms with Crippen LogP contribution in [0.5, 0.6) is 0 Å². The minimum absolute atomic E-state index is 0.501. The molecule has 1 N–H and O–H groups in total. The third-order valence-electron chi connectivity index (χ3n) is 3.70.